The van der Waals surface area contributed by atoms with Crippen LogP contribution in [0.4, 0.5) is 9.41 Å². The molecule has 1 atom stereocenters. The van der Waals surface area contributed by atoms with Gasteiger partial charge in [-0.05, 0) is 39.5 Å². The molecule has 0 aromatic rings. The summed E-state index contributed by atoms with van der Waals surface area (Å²) < 4.78 is 0. The lowest BCUT2D eigenvalue weighted by molar-refractivity contribution is 0.161. The number of hydrogen-bond acceptors (Lipinski definition) is 2. The van der Waals surface area contributed by atoms with Gasteiger partial charge in [0.1, 0.15) is 0 Å². The van der Waals surface area contributed by atoms with Crippen LogP contribution in [0, 0.1) is 0 Å². The van der Waals surface area contributed by atoms with Gasteiger partial charge < -0.3 is 4.90 Å². The highest BCUT2D eigenvalue weighted by Crippen LogP contribution is 2.14. The first kappa shape index (κ1) is 35.4. The molecule has 0 aromatic carbocycles. The van der Waals surface area contributed by atoms with Crippen molar-refractivity contribution in [2.24, 2.45) is 0 Å². The average molecular weight is 451 g/mol. The van der Waals surface area contributed by atoms with Gasteiger partial charge in [-0.15, -0.1) is 0 Å². The van der Waals surface area contributed by atoms with Crippen molar-refractivity contribution >= 4 is 0 Å². The van der Waals surface area contributed by atoms with Crippen LogP contribution in [0.2, 0.25) is 0 Å². The van der Waals surface area contributed by atoms with Crippen LogP contribution >= 0.6 is 0 Å². The molecule has 0 saturated heterocycles. The Morgan fingerprint density at radius 2 is 0.839 bits per heavy atom. The van der Waals surface area contributed by atoms with E-state index in [-0.39, 0.29) is 9.41 Å². The first-order valence-electron chi connectivity index (χ1n) is 13.7. The topological polar surface area (TPSA) is 6.48 Å². The van der Waals surface area contributed by atoms with Crippen molar-refractivity contribution in [1.82, 2.24) is 9.80 Å². The van der Waals surface area contributed by atoms with E-state index in [0.717, 1.165) is 0 Å². The largest absolute Gasteiger partial charge is 0.302 e. The molecule has 0 aliphatic rings. The van der Waals surface area contributed by atoms with Crippen LogP contribution in [0.25, 0.3) is 0 Å². The predicted molar refractivity (Wildman–Crippen MR) is 139 cm³/mol. The summed E-state index contributed by atoms with van der Waals surface area (Å²) in [5, 5.41) is 0. The molecule has 0 aliphatic carbocycles. The Hall–Kier alpha value is -0.220. The number of hydrogen-bond donors (Lipinski definition) is 0. The molecule has 1 unspecified atom stereocenters. The summed E-state index contributed by atoms with van der Waals surface area (Å²) >= 11 is 0. The minimum Gasteiger partial charge on any atom is -0.302 e. The molecule has 0 spiro atoms. The van der Waals surface area contributed by atoms with E-state index in [1.807, 2.05) is 0 Å². The van der Waals surface area contributed by atoms with Crippen LogP contribution < -0.4 is 0 Å². The van der Waals surface area contributed by atoms with Gasteiger partial charge in [0, 0.05) is 12.6 Å². The molecular weight excluding hydrogens is 390 g/mol. The van der Waals surface area contributed by atoms with Gasteiger partial charge in [0.2, 0.25) is 0 Å². The maximum Gasteiger partial charge on any atom is 0.0194 e. The van der Waals surface area contributed by atoms with E-state index in [2.05, 4.69) is 44.4 Å². The molecule has 0 N–H and O–H groups in total. The fourth-order valence-corrected chi connectivity index (χ4v) is 4.60. The van der Waals surface area contributed by atoms with Crippen molar-refractivity contribution in [3.8, 4) is 0 Å². The van der Waals surface area contributed by atoms with Crippen molar-refractivity contribution in [2.45, 2.75) is 143 Å². The molecule has 0 rings (SSSR count). The van der Waals surface area contributed by atoms with Gasteiger partial charge in [0.15, 0.2) is 0 Å². The van der Waals surface area contributed by atoms with E-state index < -0.39 is 0 Å². The second-order valence-electron chi connectivity index (χ2n) is 9.27. The summed E-state index contributed by atoms with van der Waals surface area (Å²) in [6.07, 6.45) is 23.3. The lowest BCUT2D eigenvalue weighted by atomic mass is 10.0. The third-order valence-corrected chi connectivity index (χ3v) is 6.73. The monoisotopic (exact) mass is 450 g/mol. The van der Waals surface area contributed by atoms with E-state index in [1.165, 1.54) is 135 Å². The SMILES string of the molecule is CCCCCCCCCCCCCCCCCCN(CC)CC(C)N(CC)CC.F.F. The van der Waals surface area contributed by atoms with E-state index in [4.69, 9.17) is 0 Å². The molecule has 0 saturated carbocycles. The first-order chi connectivity index (χ1) is 14.2. The van der Waals surface area contributed by atoms with E-state index in [1.54, 1.807) is 0 Å². The van der Waals surface area contributed by atoms with Crippen LogP contribution in [-0.2, 0) is 0 Å². The van der Waals surface area contributed by atoms with Gasteiger partial charge in [-0.1, -0.05) is 124 Å². The third-order valence-electron chi connectivity index (χ3n) is 6.73. The summed E-state index contributed by atoms with van der Waals surface area (Å²) in [4.78, 5) is 5.24. The molecule has 0 heterocycles. The summed E-state index contributed by atoms with van der Waals surface area (Å²) in [7, 11) is 0. The molecule has 0 radical (unpaired) electrons. The standard InChI is InChI=1S/C27H58N2.2FH/c1-6-10-11-12-13-14-15-16-17-18-19-20-21-22-23-24-25-28(7-2)26-27(5)29(8-3)9-4;;/h27H,6-26H2,1-5H3;2*1H. The van der Waals surface area contributed by atoms with Gasteiger partial charge in [-0.25, -0.2) is 0 Å². The number of nitrogens with zero attached hydrogens (tertiary/aromatic N) is 2. The lowest BCUT2D eigenvalue weighted by Gasteiger charge is -2.31. The van der Waals surface area contributed by atoms with Crippen molar-refractivity contribution in [3.63, 3.8) is 0 Å². The molecule has 0 bridgehead atoms. The molecule has 0 aliphatic heterocycles. The maximum absolute atomic E-state index is 2.66. The van der Waals surface area contributed by atoms with Crippen LogP contribution in [0.5, 0.6) is 0 Å². The van der Waals surface area contributed by atoms with Crippen molar-refractivity contribution in [2.75, 3.05) is 32.7 Å². The predicted octanol–water partition coefficient (Wildman–Crippen LogP) is 8.61. The molecule has 2 nitrogen and oxygen atoms in total. The smallest absolute Gasteiger partial charge is 0.0194 e. The number of rotatable bonds is 23. The number of halogens is 2. The summed E-state index contributed by atoms with van der Waals surface area (Å²) in [5.74, 6) is 0. The van der Waals surface area contributed by atoms with Crippen LogP contribution in [0.3, 0.4) is 0 Å². The fraction of sp³-hybridized carbons (Fsp3) is 1.00. The summed E-state index contributed by atoms with van der Waals surface area (Å²) in [6.45, 7) is 17.7. The highest BCUT2D eigenvalue weighted by molar-refractivity contribution is 4.70. The van der Waals surface area contributed by atoms with Gasteiger partial charge in [0.05, 0.1) is 0 Å². The van der Waals surface area contributed by atoms with Gasteiger partial charge in [-0.2, -0.15) is 0 Å². The van der Waals surface area contributed by atoms with E-state index in [0.29, 0.717) is 6.04 Å². The minimum absolute atomic E-state index is 0. The van der Waals surface area contributed by atoms with Crippen LogP contribution in [0.15, 0.2) is 0 Å². The Labute approximate surface area is 195 Å². The van der Waals surface area contributed by atoms with Gasteiger partial charge >= 0.3 is 0 Å². The second kappa shape index (κ2) is 27.8. The number of unbranched alkanes of at least 4 members (excludes halogenated alkanes) is 15. The van der Waals surface area contributed by atoms with Gasteiger partial charge in [-0.3, -0.25) is 14.3 Å². The maximum atomic E-state index is 2.66. The average Bonchev–Trinajstić information content (AvgIpc) is 2.73. The third kappa shape index (κ3) is 22.8. The van der Waals surface area contributed by atoms with E-state index >= 15 is 0 Å². The normalized spacial score (nSPS) is 12.1. The Balaban J connectivity index is -0.00000392. The Morgan fingerprint density at radius 1 is 0.484 bits per heavy atom. The quantitative estimate of drug-likeness (QED) is 0.144. The Kier molecular flexibility index (Phi) is 31.7. The highest BCUT2D eigenvalue weighted by atomic mass is 19.0. The molecule has 0 aromatic heterocycles. The zero-order valence-electron chi connectivity index (χ0n) is 22.1. The Morgan fingerprint density at radius 3 is 1.16 bits per heavy atom. The zero-order valence-corrected chi connectivity index (χ0v) is 22.1. The fourth-order valence-electron chi connectivity index (χ4n) is 4.60. The van der Waals surface area contributed by atoms with Crippen molar-refractivity contribution in [1.29, 1.82) is 0 Å². The first-order valence-corrected chi connectivity index (χ1v) is 13.7. The zero-order chi connectivity index (χ0) is 21.6. The molecular formula is C27H60F2N2. The van der Waals surface area contributed by atoms with Crippen molar-refractivity contribution in [3.05, 3.63) is 0 Å². The second-order valence-corrected chi connectivity index (χ2v) is 9.27. The lowest BCUT2D eigenvalue weighted by Crippen LogP contribution is -2.42. The van der Waals surface area contributed by atoms with Crippen LogP contribution in [-0.4, -0.2) is 48.6 Å². The summed E-state index contributed by atoms with van der Waals surface area (Å²) in [5.41, 5.74) is 0. The minimum atomic E-state index is 0. The molecule has 192 valence electrons. The van der Waals surface area contributed by atoms with Crippen LogP contribution in [0.1, 0.15) is 137 Å². The molecule has 31 heavy (non-hydrogen) atoms. The molecule has 4 heteroatoms. The van der Waals surface area contributed by atoms with E-state index in [9.17, 15) is 0 Å². The van der Waals surface area contributed by atoms with Gasteiger partial charge in [0.25, 0.3) is 0 Å². The number of likely N-dealkylation sites (N-methyl/N-ethyl adjacent to an activating group) is 2. The summed E-state index contributed by atoms with van der Waals surface area (Å²) in [6, 6.07) is 0.686. The highest BCUT2D eigenvalue weighted by Gasteiger charge is 2.13. The van der Waals surface area contributed by atoms with Crippen molar-refractivity contribution < 1.29 is 9.41 Å². The molecule has 0 amide bonds. The molecule has 0 fully saturated rings. The Bertz CT molecular complexity index is 312.